The van der Waals surface area contributed by atoms with Gasteiger partial charge in [-0.05, 0) is 31.5 Å². The number of rotatable bonds is 6. The Morgan fingerprint density at radius 2 is 1.93 bits per heavy atom. The molecule has 0 fully saturated rings. The van der Waals surface area contributed by atoms with Crippen LogP contribution >= 0.6 is 0 Å². The molecule has 1 aromatic carbocycles. The summed E-state index contributed by atoms with van der Waals surface area (Å²) < 4.78 is 10.9. The van der Waals surface area contributed by atoms with Crippen LogP contribution in [0.5, 0.6) is 0 Å². The molecule has 2 N–H and O–H groups in total. The molecule has 3 nitrogen and oxygen atoms in total. The Morgan fingerprint density at radius 1 is 1.27 bits per heavy atom. The lowest BCUT2D eigenvalue weighted by Gasteiger charge is -2.12. The smallest absolute Gasteiger partial charge is 0.0785 e. The maximum absolute atomic E-state index is 5.60. The van der Waals surface area contributed by atoms with Gasteiger partial charge >= 0.3 is 0 Å². The van der Waals surface area contributed by atoms with Crippen molar-refractivity contribution in [1.82, 2.24) is 0 Å². The third-order valence-electron chi connectivity index (χ3n) is 2.07. The van der Waals surface area contributed by atoms with Gasteiger partial charge in [0.15, 0.2) is 0 Å². The highest BCUT2D eigenvalue weighted by Gasteiger charge is 2.02. The number of ether oxygens (including phenoxy) is 2. The molecule has 0 aliphatic rings. The number of anilines is 1. The molecule has 1 aromatic rings. The van der Waals surface area contributed by atoms with Crippen LogP contribution in [0.25, 0.3) is 0 Å². The van der Waals surface area contributed by atoms with Crippen molar-refractivity contribution in [2.24, 2.45) is 0 Å². The van der Waals surface area contributed by atoms with E-state index in [9.17, 15) is 0 Å². The topological polar surface area (TPSA) is 44.5 Å². The van der Waals surface area contributed by atoms with Crippen LogP contribution in [0.3, 0.4) is 0 Å². The van der Waals surface area contributed by atoms with Gasteiger partial charge in [0.25, 0.3) is 0 Å². The van der Waals surface area contributed by atoms with Gasteiger partial charge in [0.1, 0.15) is 0 Å². The van der Waals surface area contributed by atoms with E-state index in [0.29, 0.717) is 13.2 Å². The second-order valence-corrected chi connectivity index (χ2v) is 3.52. The predicted molar refractivity (Wildman–Crippen MR) is 61.6 cm³/mol. The molecule has 84 valence electrons. The number of nitrogen functional groups attached to an aromatic ring is 1. The van der Waals surface area contributed by atoms with Crippen LogP contribution in [-0.2, 0) is 16.1 Å². The summed E-state index contributed by atoms with van der Waals surface area (Å²) in [7, 11) is 0. The number of hydrogen-bond acceptors (Lipinski definition) is 3. The van der Waals surface area contributed by atoms with Crippen molar-refractivity contribution in [3.63, 3.8) is 0 Å². The molecule has 0 saturated carbocycles. The van der Waals surface area contributed by atoms with E-state index < -0.39 is 0 Å². The largest absolute Gasteiger partial charge is 0.399 e. The highest BCUT2D eigenvalue weighted by Crippen LogP contribution is 2.07. The number of benzene rings is 1. The summed E-state index contributed by atoms with van der Waals surface area (Å²) in [5, 5.41) is 0. The van der Waals surface area contributed by atoms with E-state index in [4.69, 9.17) is 15.2 Å². The Labute approximate surface area is 91.2 Å². The maximum Gasteiger partial charge on any atom is 0.0785 e. The fourth-order valence-corrected chi connectivity index (χ4v) is 1.18. The highest BCUT2D eigenvalue weighted by molar-refractivity contribution is 5.39. The first-order valence-corrected chi connectivity index (χ1v) is 5.26. The lowest BCUT2D eigenvalue weighted by molar-refractivity contribution is -0.0116. The van der Waals surface area contributed by atoms with E-state index in [1.807, 2.05) is 38.1 Å². The van der Waals surface area contributed by atoms with Gasteiger partial charge in [0.05, 0.1) is 19.3 Å². The monoisotopic (exact) mass is 209 g/mol. The van der Waals surface area contributed by atoms with E-state index in [1.54, 1.807) is 0 Å². The normalized spacial score (nSPS) is 12.7. The Bertz CT molecular complexity index is 271. The van der Waals surface area contributed by atoms with Gasteiger partial charge in [-0.2, -0.15) is 0 Å². The molecule has 0 aromatic heterocycles. The fraction of sp³-hybridized carbons (Fsp3) is 0.500. The van der Waals surface area contributed by atoms with Crippen molar-refractivity contribution in [2.75, 3.05) is 18.9 Å². The van der Waals surface area contributed by atoms with Gasteiger partial charge in [-0.1, -0.05) is 12.1 Å². The fourth-order valence-electron chi connectivity index (χ4n) is 1.18. The Hall–Kier alpha value is -1.06. The number of nitrogens with two attached hydrogens (primary N) is 1. The summed E-state index contributed by atoms with van der Waals surface area (Å²) in [6, 6.07) is 7.71. The third kappa shape index (κ3) is 4.81. The van der Waals surface area contributed by atoms with Crippen LogP contribution in [0.2, 0.25) is 0 Å². The Balaban J connectivity index is 2.27. The van der Waals surface area contributed by atoms with Gasteiger partial charge < -0.3 is 15.2 Å². The van der Waals surface area contributed by atoms with Crippen molar-refractivity contribution >= 4 is 5.69 Å². The zero-order valence-corrected chi connectivity index (χ0v) is 9.40. The maximum atomic E-state index is 5.60. The van der Waals surface area contributed by atoms with Crippen LogP contribution in [0.15, 0.2) is 24.3 Å². The van der Waals surface area contributed by atoms with Crippen molar-refractivity contribution < 1.29 is 9.47 Å². The molecule has 0 bridgehead atoms. The molecule has 0 aliphatic heterocycles. The van der Waals surface area contributed by atoms with E-state index >= 15 is 0 Å². The molecule has 1 unspecified atom stereocenters. The SMILES string of the molecule is CCOCC(C)OCc1ccc(N)cc1. The summed E-state index contributed by atoms with van der Waals surface area (Å²) in [5.41, 5.74) is 7.50. The zero-order valence-electron chi connectivity index (χ0n) is 9.40. The quantitative estimate of drug-likeness (QED) is 0.730. The molecule has 15 heavy (non-hydrogen) atoms. The summed E-state index contributed by atoms with van der Waals surface area (Å²) >= 11 is 0. The average Bonchev–Trinajstić information content (AvgIpc) is 2.25. The average molecular weight is 209 g/mol. The van der Waals surface area contributed by atoms with Crippen molar-refractivity contribution in [2.45, 2.75) is 26.6 Å². The summed E-state index contributed by atoms with van der Waals surface area (Å²) in [5.74, 6) is 0. The van der Waals surface area contributed by atoms with Crippen LogP contribution < -0.4 is 5.73 Å². The molecule has 0 saturated heterocycles. The standard InChI is InChI=1S/C12H19NO2/c1-3-14-8-10(2)15-9-11-4-6-12(13)7-5-11/h4-7,10H,3,8-9,13H2,1-2H3. The molecule has 0 radical (unpaired) electrons. The predicted octanol–water partition coefficient (Wildman–Crippen LogP) is 2.21. The molecule has 0 amide bonds. The van der Waals surface area contributed by atoms with Gasteiger partial charge in [-0.3, -0.25) is 0 Å². The summed E-state index contributed by atoms with van der Waals surface area (Å²) in [4.78, 5) is 0. The third-order valence-corrected chi connectivity index (χ3v) is 2.07. The van der Waals surface area contributed by atoms with E-state index in [1.165, 1.54) is 0 Å². The van der Waals surface area contributed by atoms with Crippen LogP contribution in [0, 0.1) is 0 Å². The molecule has 1 rings (SSSR count). The molecular weight excluding hydrogens is 190 g/mol. The highest BCUT2D eigenvalue weighted by atomic mass is 16.5. The van der Waals surface area contributed by atoms with Crippen LogP contribution in [0.1, 0.15) is 19.4 Å². The first-order chi connectivity index (χ1) is 7.22. The van der Waals surface area contributed by atoms with E-state index in [2.05, 4.69) is 0 Å². The second-order valence-electron chi connectivity index (χ2n) is 3.52. The molecule has 0 spiro atoms. The lowest BCUT2D eigenvalue weighted by atomic mass is 10.2. The van der Waals surface area contributed by atoms with Crippen molar-refractivity contribution in [3.8, 4) is 0 Å². The molecule has 0 heterocycles. The van der Waals surface area contributed by atoms with Gasteiger partial charge in [-0.15, -0.1) is 0 Å². The molecular formula is C12H19NO2. The Morgan fingerprint density at radius 3 is 2.53 bits per heavy atom. The zero-order chi connectivity index (χ0) is 11.1. The molecule has 3 heteroatoms. The minimum Gasteiger partial charge on any atom is -0.399 e. The van der Waals surface area contributed by atoms with E-state index in [0.717, 1.165) is 17.9 Å². The second kappa shape index (κ2) is 6.43. The summed E-state index contributed by atoms with van der Waals surface area (Å²) in [6.07, 6.45) is 0.127. The van der Waals surface area contributed by atoms with Crippen LogP contribution in [0.4, 0.5) is 5.69 Å². The first kappa shape index (κ1) is 12.0. The molecule has 1 atom stereocenters. The minimum atomic E-state index is 0.127. The van der Waals surface area contributed by atoms with Gasteiger partial charge in [0.2, 0.25) is 0 Å². The minimum absolute atomic E-state index is 0.127. The Kier molecular flexibility index (Phi) is 5.15. The van der Waals surface area contributed by atoms with E-state index in [-0.39, 0.29) is 6.10 Å². The van der Waals surface area contributed by atoms with Crippen molar-refractivity contribution in [1.29, 1.82) is 0 Å². The van der Waals surface area contributed by atoms with Crippen molar-refractivity contribution in [3.05, 3.63) is 29.8 Å². The summed E-state index contributed by atoms with van der Waals surface area (Å²) in [6.45, 7) is 5.97. The van der Waals surface area contributed by atoms with Gasteiger partial charge in [-0.25, -0.2) is 0 Å². The number of hydrogen-bond donors (Lipinski definition) is 1. The van der Waals surface area contributed by atoms with Crippen LogP contribution in [-0.4, -0.2) is 19.3 Å². The van der Waals surface area contributed by atoms with Gasteiger partial charge in [0, 0.05) is 12.3 Å². The molecule has 0 aliphatic carbocycles. The lowest BCUT2D eigenvalue weighted by Crippen LogP contribution is -2.15. The first-order valence-electron chi connectivity index (χ1n) is 5.26.